The lowest BCUT2D eigenvalue weighted by Gasteiger charge is -2.39. The van der Waals surface area contributed by atoms with Crippen LogP contribution in [-0.4, -0.2) is 43.5 Å². The van der Waals surface area contributed by atoms with Crippen molar-refractivity contribution in [2.45, 2.75) is 35.1 Å². The summed E-state index contributed by atoms with van der Waals surface area (Å²) in [6, 6.07) is 2.21. The first-order chi connectivity index (χ1) is 12.6. The van der Waals surface area contributed by atoms with Crippen LogP contribution in [0.2, 0.25) is 0 Å². The Labute approximate surface area is 156 Å². The van der Waals surface area contributed by atoms with Gasteiger partial charge in [0.05, 0.1) is 0 Å². The Morgan fingerprint density at radius 3 is 1.55 bits per heavy atom. The van der Waals surface area contributed by atoms with Crippen LogP contribution in [0, 0.1) is 0 Å². The van der Waals surface area contributed by atoms with Gasteiger partial charge in [-0.2, -0.15) is 57.1 Å². The van der Waals surface area contributed by atoms with Gasteiger partial charge in [0.1, 0.15) is 0 Å². The SMILES string of the molecule is O=S(=O)(/C=C/c1cccs1)C(F)(F)C(F)(F)C(F)(F)C(F)(F)C(F)(F)C(F)(F)F. The number of sulfone groups is 1. The second kappa shape index (κ2) is 7.02. The average Bonchev–Trinajstić information content (AvgIpc) is 3.04. The van der Waals surface area contributed by atoms with Crippen molar-refractivity contribution in [3.05, 3.63) is 27.8 Å². The second-order valence-corrected chi connectivity index (χ2v) is 8.03. The van der Waals surface area contributed by atoms with Crippen molar-refractivity contribution >= 4 is 27.3 Å². The molecule has 0 atom stereocenters. The lowest BCUT2D eigenvalue weighted by atomic mass is 9.98. The lowest BCUT2D eigenvalue weighted by Crippen LogP contribution is -2.70. The molecule has 0 saturated heterocycles. The van der Waals surface area contributed by atoms with E-state index in [-0.39, 0.29) is 11.0 Å². The molecule has 0 aromatic carbocycles. The zero-order chi connectivity index (χ0) is 23.3. The molecule has 0 fully saturated rings. The normalized spacial score (nSPS) is 15.9. The molecule has 29 heavy (non-hydrogen) atoms. The van der Waals surface area contributed by atoms with Gasteiger partial charge in [-0.3, -0.25) is 0 Å². The molecule has 0 aliphatic heterocycles. The maximum absolute atomic E-state index is 13.6. The molecule has 1 aromatic rings. The van der Waals surface area contributed by atoms with Gasteiger partial charge in [-0.25, -0.2) is 8.42 Å². The summed E-state index contributed by atoms with van der Waals surface area (Å²) in [6.07, 6.45) is -7.41. The topological polar surface area (TPSA) is 34.1 Å². The molecule has 0 amide bonds. The van der Waals surface area contributed by atoms with Gasteiger partial charge in [0.2, 0.25) is 9.84 Å². The summed E-state index contributed by atoms with van der Waals surface area (Å²) in [5, 5.41) is -6.79. The molecule has 0 saturated carbocycles. The Morgan fingerprint density at radius 1 is 0.724 bits per heavy atom. The number of alkyl halides is 13. The monoisotopic (exact) mass is 492 g/mol. The van der Waals surface area contributed by atoms with Crippen LogP contribution in [0.5, 0.6) is 0 Å². The van der Waals surface area contributed by atoms with E-state index in [0.717, 1.165) is 6.07 Å². The van der Waals surface area contributed by atoms with Crippen LogP contribution in [0.15, 0.2) is 22.9 Å². The van der Waals surface area contributed by atoms with Crippen LogP contribution in [0.4, 0.5) is 57.1 Å². The van der Waals surface area contributed by atoms with Gasteiger partial charge in [-0.1, -0.05) is 6.07 Å². The van der Waals surface area contributed by atoms with E-state index in [2.05, 4.69) is 0 Å². The first kappa shape index (κ1) is 25.5. The van der Waals surface area contributed by atoms with Crippen molar-refractivity contribution in [3.8, 4) is 0 Å². The second-order valence-electron chi connectivity index (χ2n) is 5.18. The minimum atomic E-state index is -8.16. The van der Waals surface area contributed by atoms with Crippen molar-refractivity contribution in [1.82, 2.24) is 0 Å². The highest BCUT2D eigenvalue weighted by Crippen LogP contribution is 2.61. The first-order valence-electron chi connectivity index (χ1n) is 6.50. The van der Waals surface area contributed by atoms with Crippen LogP contribution in [0.25, 0.3) is 6.08 Å². The molecule has 0 aliphatic rings. The largest absolute Gasteiger partial charge is 0.460 e. The van der Waals surface area contributed by atoms with Crippen molar-refractivity contribution in [1.29, 1.82) is 0 Å². The van der Waals surface area contributed by atoms with E-state index in [1.165, 1.54) is 11.4 Å². The van der Waals surface area contributed by atoms with E-state index in [0.29, 0.717) is 11.3 Å². The standard InChI is InChI=1S/C12H5F13O2S2/c13-7(14,9(17,18)11(21,22)23)8(15,16)10(19,20)12(24,25)29(26,27)5-3-6-2-1-4-28-6/h1-5H/b5-3+. The Morgan fingerprint density at radius 2 is 1.17 bits per heavy atom. The lowest BCUT2D eigenvalue weighted by molar-refractivity contribution is -0.433. The third-order valence-electron chi connectivity index (χ3n) is 3.22. The molecule has 0 spiro atoms. The zero-order valence-corrected chi connectivity index (χ0v) is 14.6. The molecule has 0 unspecified atom stereocenters. The predicted octanol–water partition coefficient (Wildman–Crippen LogP) is 5.83. The van der Waals surface area contributed by atoms with Crippen molar-refractivity contribution < 1.29 is 65.5 Å². The highest BCUT2D eigenvalue weighted by atomic mass is 32.2. The fraction of sp³-hybridized carbons (Fsp3) is 0.500. The van der Waals surface area contributed by atoms with Crippen molar-refractivity contribution in [3.63, 3.8) is 0 Å². The molecular formula is C12H5F13O2S2. The number of hydrogen-bond donors (Lipinski definition) is 0. The molecule has 1 heterocycles. The van der Waals surface area contributed by atoms with Gasteiger partial charge < -0.3 is 0 Å². The van der Waals surface area contributed by atoms with Crippen LogP contribution in [0.1, 0.15) is 4.88 Å². The third-order valence-corrected chi connectivity index (χ3v) is 5.52. The number of thiophene rings is 1. The molecule has 0 radical (unpaired) electrons. The molecule has 168 valence electrons. The van der Waals surface area contributed by atoms with Gasteiger partial charge in [-0.05, 0) is 17.5 Å². The van der Waals surface area contributed by atoms with Gasteiger partial charge >= 0.3 is 35.1 Å². The van der Waals surface area contributed by atoms with E-state index in [1.54, 1.807) is 0 Å². The first-order valence-corrected chi connectivity index (χ1v) is 8.92. The highest BCUT2D eigenvalue weighted by Gasteiger charge is 2.92. The maximum Gasteiger partial charge on any atom is 0.460 e. The molecule has 0 N–H and O–H groups in total. The van der Waals surface area contributed by atoms with Crippen LogP contribution >= 0.6 is 11.3 Å². The smallest absolute Gasteiger partial charge is 0.218 e. The Balaban J connectivity index is 3.53. The number of halogens is 13. The highest BCUT2D eigenvalue weighted by molar-refractivity contribution is 7.95. The number of rotatable bonds is 7. The van der Waals surface area contributed by atoms with Crippen molar-refractivity contribution in [2.24, 2.45) is 0 Å². The molecule has 0 aliphatic carbocycles. The summed E-state index contributed by atoms with van der Waals surface area (Å²) in [4.78, 5) is -0.228. The minimum Gasteiger partial charge on any atom is -0.218 e. The van der Waals surface area contributed by atoms with Crippen LogP contribution in [0.3, 0.4) is 0 Å². The van der Waals surface area contributed by atoms with Crippen molar-refractivity contribution in [2.75, 3.05) is 0 Å². The Kier molecular flexibility index (Phi) is 6.18. The van der Waals surface area contributed by atoms with Gasteiger partial charge in [0.25, 0.3) is 0 Å². The van der Waals surface area contributed by atoms with E-state index in [4.69, 9.17) is 0 Å². The molecule has 1 aromatic heterocycles. The van der Waals surface area contributed by atoms with E-state index < -0.39 is 50.4 Å². The Bertz CT molecular complexity index is 851. The van der Waals surface area contributed by atoms with Gasteiger partial charge in [0, 0.05) is 10.3 Å². The summed E-state index contributed by atoms with van der Waals surface area (Å²) in [5.41, 5.74) is 0. The minimum absolute atomic E-state index is 0.157. The molecular weight excluding hydrogens is 487 g/mol. The molecule has 17 heteroatoms. The summed E-state index contributed by atoms with van der Waals surface area (Å²) < 4.78 is 191. The zero-order valence-electron chi connectivity index (χ0n) is 12.9. The quantitative estimate of drug-likeness (QED) is 0.449. The third kappa shape index (κ3) is 3.70. The van der Waals surface area contributed by atoms with Gasteiger partial charge in [-0.15, -0.1) is 11.3 Å². The van der Waals surface area contributed by atoms with E-state index in [1.807, 2.05) is 0 Å². The van der Waals surface area contributed by atoms with Gasteiger partial charge in [0.15, 0.2) is 0 Å². The molecule has 0 bridgehead atoms. The molecule has 2 nitrogen and oxygen atoms in total. The summed E-state index contributed by atoms with van der Waals surface area (Å²) >= 11 is 0.622. The summed E-state index contributed by atoms with van der Waals surface area (Å²) in [6.45, 7) is 0. The summed E-state index contributed by atoms with van der Waals surface area (Å²) in [5.74, 6) is -32.1. The summed E-state index contributed by atoms with van der Waals surface area (Å²) in [7, 11) is -6.91. The Hall–Kier alpha value is -1.52. The average molecular weight is 492 g/mol. The maximum atomic E-state index is 13.6. The van der Waals surface area contributed by atoms with Crippen LogP contribution in [-0.2, 0) is 9.84 Å². The van der Waals surface area contributed by atoms with Crippen LogP contribution < -0.4 is 0 Å². The number of hydrogen-bond acceptors (Lipinski definition) is 3. The van der Waals surface area contributed by atoms with E-state index in [9.17, 15) is 65.5 Å². The fourth-order valence-corrected chi connectivity index (χ4v) is 3.25. The predicted molar refractivity (Wildman–Crippen MR) is 73.1 cm³/mol. The fourth-order valence-electron chi connectivity index (χ4n) is 1.56. The van der Waals surface area contributed by atoms with E-state index >= 15 is 0 Å². The molecule has 1 rings (SSSR count).